The minimum atomic E-state index is -3.01. The number of nitrogens with one attached hydrogen (secondary N) is 1. The number of aliphatic hydroxyl groups excluding tert-OH is 11. The molecule has 252 valence electrons. The molecule has 0 spiro atoms. The Morgan fingerprint density at radius 3 is 1.98 bits per heavy atom. The second-order valence-corrected chi connectivity index (χ2v) is 10.9. The smallest absolute Gasteiger partial charge is 0.220 e. The number of aliphatic hydroxyl groups is 12. The van der Waals surface area contributed by atoms with Crippen LogP contribution in [0.2, 0.25) is 0 Å². The highest BCUT2D eigenvalue weighted by molar-refractivity contribution is 5.75. The van der Waals surface area contributed by atoms with Gasteiger partial charge in [0, 0.05) is 13.0 Å². The fraction of sp³-hybridized carbons (Fsp3) is 0.958. The van der Waals surface area contributed by atoms with Crippen LogP contribution in [-0.2, 0) is 23.7 Å². The van der Waals surface area contributed by atoms with Crippen LogP contribution in [0.25, 0.3) is 0 Å². The predicted molar refractivity (Wildman–Crippen MR) is 136 cm³/mol. The van der Waals surface area contributed by atoms with Gasteiger partial charge in [-0.1, -0.05) is 0 Å². The molecule has 3 saturated heterocycles. The lowest BCUT2D eigenvalue weighted by Crippen LogP contribution is -2.78. The van der Waals surface area contributed by atoms with E-state index in [-0.39, 0.29) is 25.9 Å². The second-order valence-electron chi connectivity index (χ2n) is 10.9. The Morgan fingerprint density at radius 1 is 0.814 bits per heavy atom. The van der Waals surface area contributed by atoms with Gasteiger partial charge in [-0.25, -0.2) is 0 Å². The third-order valence-electron chi connectivity index (χ3n) is 8.05. The van der Waals surface area contributed by atoms with Crippen molar-refractivity contribution in [1.82, 2.24) is 5.32 Å². The molecule has 0 radical (unpaired) electrons. The molecule has 0 aromatic rings. The molecular weight excluding hydrogens is 588 g/mol. The van der Waals surface area contributed by atoms with Gasteiger partial charge in [0.25, 0.3) is 0 Å². The molecule has 16 atom stereocenters. The standard InChI is InChI=1S/C24H44N2O17/c25-4-1-2-11(29)26-5-3-8-19(36)24(39,21-16(34)14(32)12(30)9(6-27)41-21)20(37)18(40-8)22(38)43-23-17(35)15(33)13(31)10(7-28)42-23/h8-10,12-23,27-28,30-39H,1-7,25H2,(H,26,29)/t8-,9-,10-,12-,13-,14+,15+,16+,17+,18+,19-,20-,21+,22?,23-,24-/m1/s1. The van der Waals surface area contributed by atoms with Gasteiger partial charge >= 0.3 is 0 Å². The average Bonchev–Trinajstić information content (AvgIpc) is 2.99. The monoisotopic (exact) mass is 632 g/mol. The van der Waals surface area contributed by atoms with Gasteiger partial charge in [0.05, 0.1) is 19.3 Å². The number of hydrogen-bond acceptors (Lipinski definition) is 18. The molecule has 1 amide bonds. The SMILES string of the molecule is NCCCC(=O)NCC[C@H]1O[C@H](C(O)O[C@H]2O[C@H](CO)[C@@H](O)[C@H](O)[C@@H]2O)[C@@H](O)[C@@](O)([C@H]2O[C@H](CO)[C@@H](O)[C@H](O)[C@@H]2O)[C@@H]1O. The third-order valence-corrected chi connectivity index (χ3v) is 8.05. The summed E-state index contributed by atoms with van der Waals surface area (Å²) in [6.07, 6.45) is -29.0. The van der Waals surface area contributed by atoms with Crippen LogP contribution in [0.1, 0.15) is 19.3 Å². The third kappa shape index (κ3) is 7.45. The van der Waals surface area contributed by atoms with Crippen LogP contribution in [0, 0.1) is 0 Å². The maximum absolute atomic E-state index is 12.0. The first-order chi connectivity index (χ1) is 20.2. The summed E-state index contributed by atoms with van der Waals surface area (Å²) in [5.41, 5.74) is 2.38. The van der Waals surface area contributed by atoms with Crippen LogP contribution in [0.3, 0.4) is 0 Å². The summed E-state index contributed by atoms with van der Waals surface area (Å²) >= 11 is 0. The Hall–Kier alpha value is -1.21. The molecule has 3 aliphatic rings. The van der Waals surface area contributed by atoms with Crippen molar-refractivity contribution >= 4 is 5.91 Å². The summed E-state index contributed by atoms with van der Waals surface area (Å²) in [4.78, 5) is 12.0. The fourth-order valence-electron chi connectivity index (χ4n) is 5.46. The van der Waals surface area contributed by atoms with Gasteiger partial charge in [-0.15, -0.1) is 0 Å². The molecule has 3 fully saturated rings. The van der Waals surface area contributed by atoms with E-state index < -0.39 is 117 Å². The summed E-state index contributed by atoms with van der Waals surface area (Å²) in [6.45, 7) is -1.64. The number of nitrogens with two attached hydrogens (primary N) is 1. The van der Waals surface area contributed by atoms with Crippen LogP contribution in [0.5, 0.6) is 0 Å². The molecule has 0 bridgehead atoms. The van der Waals surface area contributed by atoms with Crippen LogP contribution in [0.15, 0.2) is 0 Å². The zero-order valence-electron chi connectivity index (χ0n) is 23.1. The number of amides is 1. The summed E-state index contributed by atoms with van der Waals surface area (Å²) in [5.74, 6) is -0.400. The molecule has 0 aromatic carbocycles. The van der Waals surface area contributed by atoms with Crippen molar-refractivity contribution in [2.24, 2.45) is 5.73 Å². The number of carbonyl (C=O) groups is 1. The van der Waals surface area contributed by atoms with Crippen molar-refractivity contribution < 1.29 is 85.0 Å². The molecule has 0 aromatic heterocycles. The molecule has 0 aliphatic carbocycles. The first-order valence-corrected chi connectivity index (χ1v) is 13.9. The molecule has 43 heavy (non-hydrogen) atoms. The van der Waals surface area contributed by atoms with Crippen molar-refractivity contribution in [1.29, 1.82) is 0 Å². The highest BCUT2D eigenvalue weighted by atomic mass is 16.8. The average molecular weight is 633 g/mol. The van der Waals surface area contributed by atoms with Crippen molar-refractivity contribution in [2.75, 3.05) is 26.3 Å². The van der Waals surface area contributed by atoms with Gasteiger partial charge in [-0.2, -0.15) is 0 Å². The van der Waals surface area contributed by atoms with Crippen LogP contribution >= 0.6 is 0 Å². The molecule has 3 rings (SSSR count). The van der Waals surface area contributed by atoms with E-state index in [2.05, 4.69) is 5.32 Å². The topological polar surface area (TPSA) is 335 Å². The maximum atomic E-state index is 12.0. The number of ether oxygens (including phenoxy) is 4. The van der Waals surface area contributed by atoms with E-state index in [0.29, 0.717) is 6.42 Å². The lowest BCUT2D eigenvalue weighted by atomic mass is 9.72. The molecule has 19 heteroatoms. The van der Waals surface area contributed by atoms with E-state index in [1.807, 2.05) is 0 Å². The number of carbonyl (C=O) groups excluding carboxylic acids is 1. The molecule has 3 aliphatic heterocycles. The van der Waals surface area contributed by atoms with E-state index in [9.17, 15) is 66.1 Å². The Bertz CT molecular complexity index is 887. The minimum Gasteiger partial charge on any atom is -0.394 e. The van der Waals surface area contributed by atoms with Crippen LogP contribution in [-0.4, -0.2) is 191 Å². The summed E-state index contributed by atoms with van der Waals surface area (Å²) < 4.78 is 21.5. The summed E-state index contributed by atoms with van der Waals surface area (Å²) in [6, 6.07) is 0. The Balaban J connectivity index is 1.89. The van der Waals surface area contributed by atoms with E-state index in [0.717, 1.165) is 0 Å². The van der Waals surface area contributed by atoms with Crippen molar-refractivity contribution in [3.63, 3.8) is 0 Å². The van der Waals surface area contributed by atoms with Gasteiger partial charge < -0.3 is 91.3 Å². The summed E-state index contributed by atoms with van der Waals surface area (Å²) in [5, 5.41) is 128. The molecule has 19 nitrogen and oxygen atoms in total. The highest BCUT2D eigenvalue weighted by Crippen LogP contribution is 2.41. The van der Waals surface area contributed by atoms with Crippen molar-refractivity contribution in [2.45, 2.75) is 117 Å². The summed E-state index contributed by atoms with van der Waals surface area (Å²) in [7, 11) is 0. The Kier molecular flexibility index (Phi) is 13.0. The lowest BCUT2D eigenvalue weighted by Gasteiger charge is -2.55. The van der Waals surface area contributed by atoms with Crippen LogP contribution in [0.4, 0.5) is 0 Å². The predicted octanol–water partition coefficient (Wildman–Crippen LogP) is -8.57. The Morgan fingerprint density at radius 2 is 1.40 bits per heavy atom. The zero-order valence-corrected chi connectivity index (χ0v) is 23.1. The van der Waals surface area contributed by atoms with Gasteiger partial charge in [-0.3, -0.25) is 4.79 Å². The molecule has 15 N–H and O–H groups in total. The minimum absolute atomic E-state index is 0.0897. The molecule has 3 heterocycles. The highest BCUT2D eigenvalue weighted by Gasteiger charge is 2.65. The van der Waals surface area contributed by atoms with E-state index >= 15 is 0 Å². The lowest BCUT2D eigenvalue weighted by molar-refractivity contribution is -0.383. The number of hydrogen-bond donors (Lipinski definition) is 14. The van der Waals surface area contributed by atoms with Crippen molar-refractivity contribution in [3.05, 3.63) is 0 Å². The molecular formula is C24H44N2O17. The first-order valence-electron chi connectivity index (χ1n) is 13.9. The number of rotatable bonds is 12. The molecule has 0 saturated carbocycles. The molecule has 1 unspecified atom stereocenters. The van der Waals surface area contributed by atoms with E-state index in [1.165, 1.54) is 0 Å². The quantitative estimate of drug-likeness (QED) is 0.0888. The fourth-order valence-corrected chi connectivity index (χ4v) is 5.46. The second kappa shape index (κ2) is 15.4. The van der Waals surface area contributed by atoms with Gasteiger partial charge in [0.2, 0.25) is 5.91 Å². The normalized spacial score (nSPS) is 46.3. The van der Waals surface area contributed by atoms with Crippen LogP contribution < -0.4 is 11.1 Å². The zero-order chi connectivity index (χ0) is 32.2. The Labute approximate surface area is 245 Å². The van der Waals surface area contributed by atoms with Gasteiger partial charge in [0.1, 0.15) is 73.2 Å². The maximum Gasteiger partial charge on any atom is 0.220 e. The van der Waals surface area contributed by atoms with Crippen molar-refractivity contribution in [3.8, 4) is 0 Å². The van der Waals surface area contributed by atoms with E-state index in [1.54, 1.807) is 0 Å². The largest absolute Gasteiger partial charge is 0.394 e. The first kappa shape index (κ1) is 36.3. The van der Waals surface area contributed by atoms with Gasteiger partial charge in [0.15, 0.2) is 18.2 Å². The van der Waals surface area contributed by atoms with Gasteiger partial charge in [-0.05, 0) is 19.4 Å². The van der Waals surface area contributed by atoms with E-state index in [4.69, 9.17) is 24.7 Å².